The van der Waals surface area contributed by atoms with Crippen LogP contribution in [0.25, 0.3) is 0 Å². The molecule has 0 aliphatic carbocycles. The zero-order valence-corrected chi connectivity index (χ0v) is 12.5. The molecule has 21 heavy (non-hydrogen) atoms. The summed E-state index contributed by atoms with van der Waals surface area (Å²) in [6, 6.07) is 10.0. The molecular weight excluding hydrogens is 266 g/mol. The van der Waals surface area contributed by atoms with E-state index in [1.165, 1.54) is 11.3 Å². The first-order valence-corrected chi connectivity index (χ1v) is 7.65. The second kappa shape index (κ2) is 7.78. The Morgan fingerprint density at radius 2 is 1.90 bits per heavy atom. The summed E-state index contributed by atoms with van der Waals surface area (Å²) in [7, 11) is 0. The molecule has 0 saturated carbocycles. The third-order valence-electron chi connectivity index (χ3n) is 4.09. The van der Waals surface area contributed by atoms with Crippen molar-refractivity contribution in [2.75, 3.05) is 19.6 Å². The molecule has 1 fully saturated rings. The molecule has 0 bridgehead atoms. The van der Waals surface area contributed by atoms with Gasteiger partial charge in [-0.15, -0.1) is 0 Å². The lowest BCUT2D eigenvalue weighted by Gasteiger charge is -2.19. The molecule has 2 rings (SSSR count). The number of nitrogens with one attached hydrogen (secondary N) is 3. The van der Waals surface area contributed by atoms with Gasteiger partial charge < -0.3 is 15.5 Å². The van der Waals surface area contributed by atoms with Crippen LogP contribution in [0.5, 0.6) is 0 Å². The van der Waals surface area contributed by atoms with Gasteiger partial charge >= 0.3 is 11.8 Å². The van der Waals surface area contributed by atoms with Crippen molar-refractivity contribution in [3.8, 4) is 0 Å². The van der Waals surface area contributed by atoms with Crippen LogP contribution in [-0.2, 0) is 16.1 Å². The first kappa shape index (κ1) is 15.5. The maximum absolute atomic E-state index is 11.8. The second-order valence-electron chi connectivity index (χ2n) is 5.48. The van der Waals surface area contributed by atoms with Crippen LogP contribution in [0.15, 0.2) is 30.3 Å². The SMILES string of the molecule is CC[NH+]1CCC[C@@H]1CNC(=O)C(=O)NCc1ccccc1. The van der Waals surface area contributed by atoms with E-state index in [-0.39, 0.29) is 0 Å². The van der Waals surface area contributed by atoms with E-state index < -0.39 is 11.8 Å². The first-order valence-electron chi connectivity index (χ1n) is 7.65. The summed E-state index contributed by atoms with van der Waals surface area (Å²) in [5.74, 6) is -1.09. The number of likely N-dealkylation sites (tertiary alicyclic amines) is 1. The average Bonchev–Trinajstić information content (AvgIpc) is 2.98. The number of carbonyl (C=O) groups is 2. The highest BCUT2D eigenvalue weighted by Gasteiger charge is 2.27. The lowest BCUT2D eigenvalue weighted by atomic mass is 10.2. The minimum absolute atomic E-state index is 0.378. The smallest absolute Gasteiger partial charge is 0.309 e. The van der Waals surface area contributed by atoms with Gasteiger partial charge in [0.1, 0.15) is 6.04 Å². The summed E-state index contributed by atoms with van der Waals surface area (Å²) in [4.78, 5) is 25.0. The highest BCUT2D eigenvalue weighted by molar-refractivity contribution is 6.35. The quantitative estimate of drug-likeness (QED) is 0.640. The summed E-state index contributed by atoms with van der Waals surface area (Å²) in [6.45, 7) is 5.35. The molecule has 1 aliphatic rings. The fourth-order valence-corrected chi connectivity index (χ4v) is 2.85. The monoisotopic (exact) mass is 290 g/mol. The third-order valence-corrected chi connectivity index (χ3v) is 4.09. The van der Waals surface area contributed by atoms with Gasteiger partial charge in [-0.1, -0.05) is 30.3 Å². The van der Waals surface area contributed by atoms with Crippen LogP contribution >= 0.6 is 0 Å². The number of carbonyl (C=O) groups excluding carboxylic acids is 2. The van der Waals surface area contributed by atoms with E-state index in [0.717, 1.165) is 25.1 Å². The maximum Gasteiger partial charge on any atom is 0.309 e. The number of quaternary nitrogens is 1. The molecule has 114 valence electrons. The van der Waals surface area contributed by atoms with Crippen LogP contribution in [0.4, 0.5) is 0 Å². The molecule has 1 aromatic rings. The molecule has 2 amide bonds. The molecule has 2 atom stereocenters. The van der Waals surface area contributed by atoms with Gasteiger partial charge in [0.15, 0.2) is 0 Å². The summed E-state index contributed by atoms with van der Waals surface area (Å²) >= 11 is 0. The Bertz CT molecular complexity index is 476. The highest BCUT2D eigenvalue weighted by atomic mass is 16.2. The van der Waals surface area contributed by atoms with Gasteiger partial charge in [-0.2, -0.15) is 0 Å². The zero-order valence-electron chi connectivity index (χ0n) is 12.5. The van der Waals surface area contributed by atoms with Crippen LogP contribution in [-0.4, -0.2) is 37.5 Å². The maximum atomic E-state index is 11.8. The molecule has 5 nitrogen and oxygen atoms in total. The summed E-state index contributed by atoms with van der Waals surface area (Å²) < 4.78 is 0. The van der Waals surface area contributed by atoms with Gasteiger partial charge in [0.25, 0.3) is 0 Å². The van der Waals surface area contributed by atoms with Crippen molar-refractivity contribution in [2.24, 2.45) is 0 Å². The largest absolute Gasteiger partial charge is 0.344 e. The van der Waals surface area contributed by atoms with Crippen LogP contribution in [0.1, 0.15) is 25.3 Å². The standard InChI is InChI=1S/C16H23N3O2/c1-2-19-10-6-9-14(19)12-18-16(21)15(20)17-11-13-7-4-3-5-8-13/h3-5,7-8,14H,2,6,9-12H2,1H3,(H,17,20)(H,18,21)/p+1/t14-/m1/s1. The Morgan fingerprint density at radius 3 is 2.62 bits per heavy atom. The Morgan fingerprint density at radius 1 is 1.19 bits per heavy atom. The molecule has 3 N–H and O–H groups in total. The van der Waals surface area contributed by atoms with E-state index in [4.69, 9.17) is 0 Å². The minimum Gasteiger partial charge on any atom is -0.344 e. The zero-order chi connectivity index (χ0) is 15.1. The van der Waals surface area contributed by atoms with E-state index in [0.29, 0.717) is 19.1 Å². The van der Waals surface area contributed by atoms with Gasteiger partial charge in [-0.05, 0) is 12.5 Å². The normalized spacial score (nSPS) is 21.0. The van der Waals surface area contributed by atoms with Crippen molar-refractivity contribution >= 4 is 11.8 Å². The van der Waals surface area contributed by atoms with E-state index >= 15 is 0 Å². The summed E-state index contributed by atoms with van der Waals surface area (Å²) in [6.07, 6.45) is 2.32. The van der Waals surface area contributed by atoms with E-state index in [9.17, 15) is 9.59 Å². The molecule has 0 spiro atoms. The highest BCUT2D eigenvalue weighted by Crippen LogP contribution is 1.99. The van der Waals surface area contributed by atoms with Crippen LogP contribution in [0.3, 0.4) is 0 Å². The van der Waals surface area contributed by atoms with Crippen molar-refractivity contribution in [2.45, 2.75) is 32.4 Å². The van der Waals surface area contributed by atoms with Gasteiger partial charge in [-0.3, -0.25) is 9.59 Å². The van der Waals surface area contributed by atoms with Crippen LogP contribution < -0.4 is 15.5 Å². The van der Waals surface area contributed by atoms with Crippen molar-refractivity contribution in [3.63, 3.8) is 0 Å². The van der Waals surface area contributed by atoms with Crippen LogP contribution in [0, 0.1) is 0 Å². The van der Waals surface area contributed by atoms with Gasteiger partial charge in [0.05, 0.1) is 19.6 Å². The van der Waals surface area contributed by atoms with Gasteiger partial charge in [-0.25, -0.2) is 0 Å². The minimum atomic E-state index is -0.560. The van der Waals surface area contributed by atoms with Gasteiger partial charge in [0, 0.05) is 19.4 Å². The molecule has 5 heteroatoms. The van der Waals surface area contributed by atoms with Crippen molar-refractivity contribution in [1.82, 2.24) is 10.6 Å². The second-order valence-corrected chi connectivity index (χ2v) is 5.48. The summed E-state index contributed by atoms with van der Waals surface area (Å²) in [5.41, 5.74) is 0.982. The average molecular weight is 290 g/mol. The van der Waals surface area contributed by atoms with Crippen molar-refractivity contribution in [3.05, 3.63) is 35.9 Å². The Hall–Kier alpha value is -1.88. The number of amides is 2. The fourth-order valence-electron chi connectivity index (χ4n) is 2.85. The molecular formula is C16H24N3O2+. The van der Waals surface area contributed by atoms with Crippen molar-refractivity contribution in [1.29, 1.82) is 0 Å². The number of likely N-dealkylation sites (N-methyl/N-ethyl adjacent to an activating group) is 1. The Labute approximate surface area is 125 Å². The third kappa shape index (κ3) is 4.56. The Kier molecular flexibility index (Phi) is 5.75. The van der Waals surface area contributed by atoms with Crippen LogP contribution in [0.2, 0.25) is 0 Å². The first-order chi connectivity index (χ1) is 10.2. The lowest BCUT2D eigenvalue weighted by molar-refractivity contribution is -0.909. The number of hydrogen-bond acceptors (Lipinski definition) is 2. The lowest BCUT2D eigenvalue weighted by Crippen LogP contribution is -3.14. The molecule has 1 aliphatic heterocycles. The topological polar surface area (TPSA) is 62.6 Å². The predicted molar refractivity (Wildman–Crippen MR) is 80.7 cm³/mol. The van der Waals surface area contributed by atoms with Gasteiger partial charge in [0.2, 0.25) is 0 Å². The molecule has 0 aromatic heterocycles. The summed E-state index contributed by atoms with van der Waals surface area (Å²) in [5, 5.41) is 5.39. The molecule has 1 unspecified atom stereocenters. The molecule has 1 aromatic carbocycles. The van der Waals surface area contributed by atoms with E-state index in [1.54, 1.807) is 0 Å². The fraction of sp³-hybridized carbons (Fsp3) is 0.500. The number of rotatable bonds is 5. The molecule has 1 heterocycles. The number of benzene rings is 1. The van der Waals surface area contributed by atoms with E-state index in [1.807, 2.05) is 30.3 Å². The molecule has 1 saturated heterocycles. The predicted octanol–water partition coefficient (Wildman–Crippen LogP) is -0.514. The van der Waals surface area contributed by atoms with E-state index in [2.05, 4.69) is 17.6 Å². The Balaban J connectivity index is 1.71. The number of hydrogen-bond donors (Lipinski definition) is 3. The van der Waals surface area contributed by atoms with Crippen molar-refractivity contribution < 1.29 is 14.5 Å². The molecule has 0 radical (unpaired) electrons.